The molecule has 0 spiro atoms. The minimum atomic E-state index is -3.87. The molecule has 1 aromatic carbocycles. The van der Waals surface area contributed by atoms with E-state index in [0.717, 1.165) is 6.07 Å². The molecule has 5 nitrogen and oxygen atoms in total. The van der Waals surface area contributed by atoms with E-state index < -0.39 is 28.5 Å². The third-order valence-corrected chi connectivity index (χ3v) is 4.53. The molecule has 0 amide bonds. The number of halogens is 2. The van der Waals surface area contributed by atoms with Gasteiger partial charge in [-0.3, -0.25) is 4.98 Å². The number of nitrogens with zero attached hydrogens (tertiary/aromatic N) is 1. The molecular weight excluding hydrogens is 319 g/mol. The maximum atomic E-state index is 13.4. The molecule has 0 aliphatic carbocycles. The maximum absolute atomic E-state index is 13.4. The lowest BCUT2D eigenvalue weighted by atomic mass is 10.1. The van der Waals surface area contributed by atoms with Crippen molar-refractivity contribution < 1.29 is 17.9 Å². The second-order valence-electron chi connectivity index (χ2n) is 4.22. The van der Waals surface area contributed by atoms with E-state index in [1.54, 1.807) is 0 Å². The van der Waals surface area contributed by atoms with E-state index in [1.807, 2.05) is 0 Å². The lowest BCUT2D eigenvalue weighted by Gasteiger charge is -2.17. The molecule has 0 aliphatic heterocycles. The van der Waals surface area contributed by atoms with Gasteiger partial charge in [-0.15, -0.1) is 0 Å². The van der Waals surface area contributed by atoms with E-state index in [1.165, 1.54) is 36.7 Å². The quantitative estimate of drug-likeness (QED) is 0.877. The van der Waals surface area contributed by atoms with Gasteiger partial charge in [0, 0.05) is 12.4 Å². The van der Waals surface area contributed by atoms with Crippen LogP contribution in [0.4, 0.5) is 4.39 Å². The highest BCUT2D eigenvalue weighted by Crippen LogP contribution is 2.21. The van der Waals surface area contributed by atoms with Crippen molar-refractivity contribution in [2.24, 2.45) is 0 Å². The van der Waals surface area contributed by atoms with Crippen molar-refractivity contribution in [2.75, 3.05) is 6.61 Å². The number of sulfonamides is 1. The van der Waals surface area contributed by atoms with E-state index >= 15 is 0 Å². The lowest BCUT2D eigenvalue weighted by molar-refractivity contribution is 0.258. The average molecular weight is 331 g/mol. The minimum absolute atomic E-state index is 0.0436. The summed E-state index contributed by atoms with van der Waals surface area (Å²) < 4.78 is 40.0. The Labute approximate surface area is 126 Å². The molecule has 0 bridgehead atoms. The Morgan fingerprint density at radius 2 is 2.14 bits per heavy atom. The molecule has 8 heteroatoms. The molecule has 21 heavy (non-hydrogen) atoms. The lowest BCUT2D eigenvalue weighted by Crippen LogP contribution is -2.31. The van der Waals surface area contributed by atoms with Gasteiger partial charge in [0.25, 0.3) is 0 Å². The standard InChI is InChI=1S/C13H12ClFN2O3S/c14-11-4-3-9(6-12(11)15)13(8-18)17-21(19,20)10-2-1-5-16-7-10/h1-7,13,17-18H,8H2. The van der Waals surface area contributed by atoms with Crippen molar-refractivity contribution in [2.45, 2.75) is 10.9 Å². The number of pyridine rings is 1. The first-order valence-corrected chi connectivity index (χ1v) is 7.78. The third kappa shape index (κ3) is 3.76. The molecule has 2 aromatic rings. The van der Waals surface area contributed by atoms with Gasteiger partial charge in [-0.05, 0) is 29.8 Å². The summed E-state index contributed by atoms with van der Waals surface area (Å²) in [7, 11) is -3.87. The van der Waals surface area contributed by atoms with Crippen LogP contribution < -0.4 is 4.72 Å². The van der Waals surface area contributed by atoms with Crippen molar-refractivity contribution in [1.29, 1.82) is 0 Å². The number of aliphatic hydroxyl groups excluding tert-OH is 1. The topological polar surface area (TPSA) is 79.3 Å². The van der Waals surface area contributed by atoms with Crippen LogP contribution in [-0.4, -0.2) is 25.1 Å². The van der Waals surface area contributed by atoms with Crippen molar-refractivity contribution in [3.8, 4) is 0 Å². The summed E-state index contributed by atoms with van der Waals surface area (Å²) in [5, 5.41) is 9.27. The normalized spacial score (nSPS) is 13.1. The highest BCUT2D eigenvalue weighted by molar-refractivity contribution is 7.89. The van der Waals surface area contributed by atoms with Gasteiger partial charge in [-0.2, -0.15) is 0 Å². The van der Waals surface area contributed by atoms with Crippen LogP contribution in [0.2, 0.25) is 5.02 Å². The first kappa shape index (κ1) is 15.8. The summed E-state index contributed by atoms with van der Waals surface area (Å²) in [4.78, 5) is 3.68. The van der Waals surface area contributed by atoms with E-state index in [-0.39, 0.29) is 15.5 Å². The van der Waals surface area contributed by atoms with Crippen molar-refractivity contribution in [1.82, 2.24) is 9.71 Å². The zero-order valence-electron chi connectivity index (χ0n) is 10.7. The molecule has 0 saturated heterocycles. The van der Waals surface area contributed by atoms with Gasteiger partial charge >= 0.3 is 0 Å². The smallest absolute Gasteiger partial charge is 0.242 e. The molecule has 0 fully saturated rings. The van der Waals surface area contributed by atoms with Gasteiger partial charge in [0.05, 0.1) is 17.7 Å². The Kier molecular flexibility index (Phi) is 4.89. The minimum Gasteiger partial charge on any atom is -0.394 e. The Morgan fingerprint density at radius 1 is 1.38 bits per heavy atom. The van der Waals surface area contributed by atoms with Crippen LogP contribution in [-0.2, 0) is 10.0 Å². The van der Waals surface area contributed by atoms with Gasteiger partial charge in [0.15, 0.2) is 0 Å². The maximum Gasteiger partial charge on any atom is 0.242 e. The summed E-state index contributed by atoms with van der Waals surface area (Å²) in [6, 6.07) is 5.68. The zero-order valence-corrected chi connectivity index (χ0v) is 12.3. The third-order valence-electron chi connectivity index (χ3n) is 2.77. The van der Waals surface area contributed by atoms with Gasteiger partial charge in [0.1, 0.15) is 10.7 Å². The fourth-order valence-corrected chi connectivity index (χ4v) is 3.00. The Balaban J connectivity index is 2.29. The Hall–Kier alpha value is -1.54. The molecule has 1 aromatic heterocycles. The number of nitrogens with one attached hydrogen (secondary N) is 1. The number of hydrogen-bond acceptors (Lipinski definition) is 4. The number of benzene rings is 1. The monoisotopic (exact) mass is 330 g/mol. The first-order chi connectivity index (χ1) is 9.94. The van der Waals surface area contributed by atoms with E-state index in [2.05, 4.69) is 9.71 Å². The summed E-state index contributed by atoms with van der Waals surface area (Å²) >= 11 is 5.57. The molecule has 2 rings (SSSR count). The molecule has 0 saturated carbocycles. The van der Waals surface area contributed by atoms with Crippen LogP contribution in [0.15, 0.2) is 47.6 Å². The SMILES string of the molecule is O=S(=O)(NC(CO)c1ccc(Cl)c(F)c1)c1cccnc1. The molecule has 1 atom stereocenters. The van der Waals surface area contributed by atoms with E-state index in [4.69, 9.17) is 11.6 Å². The van der Waals surface area contributed by atoms with Crippen LogP contribution in [0.25, 0.3) is 0 Å². The van der Waals surface area contributed by atoms with Crippen LogP contribution in [0.5, 0.6) is 0 Å². The van der Waals surface area contributed by atoms with Crippen LogP contribution >= 0.6 is 11.6 Å². The number of hydrogen-bond donors (Lipinski definition) is 2. The molecule has 1 heterocycles. The predicted octanol–water partition coefficient (Wildman–Crippen LogP) is 1.89. The first-order valence-electron chi connectivity index (χ1n) is 5.92. The van der Waals surface area contributed by atoms with Crippen molar-refractivity contribution in [3.05, 3.63) is 59.1 Å². The Morgan fingerprint density at radius 3 is 2.71 bits per heavy atom. The average Bonchev–Trinajstić information content (AvgIpc) is 2.49. The fraction of sp³-hybridized carbons (Fsp3) is 0.154. The van der Waals surface area contributed by atoms with Crippen molar-refractivity contribution >= 4 is 21.6 Å². The van der Waals surface area contributed by atoms with Gasteiger partial charge in [-0.25, -0.2) is 17.5 Å². The number of rotatable bonds is 5. The summed E-state index contributed by atoms with van der Waals surface area (Å²) in [5.41, 5.74) is 0.270. The van der Waals surface area contributed by atoms with Crippen LogP contribution in [0.3, 0.4) is 0 Å². The summed E-state index contributed by atoms with van der Waals surface area (Å²) in [6.07, 6.45) is 2.62. The summed E-state index contributed by atoms with van der Waals surface area (Å²) in [6.45, 7) is -0.527. The second-order valence-corrected chi connectivity index (χ2v) is 6.34. The van der Waals surface area contributed by atoms with Crippen molar-refractivity contribution in [3.63, 3.8) is 0 Å². The molecule has 112 valence electrons. The highest BCUT2D eigenvalue weighted by Gasteiger charge is 2.21. The highest BCUT2D eigenvalue weighted by atomic mass is 35.5. The van der Waals surface area contributed by atoms with Gasteiger partial charge in [0.2, 0.25) is 10.0 Å². The zero-order chi connectivity index (χ0) is 15.5. The predicted molar refractivity (Wildman–Crippen MR) is 75.8 cm³/mol. The van der Waals surface area contributed by atoms with E-state index in [9.17, 15) is 17.9 Å². The van der Waals surface area contributed by atoms with E-state index in [0.29, 0.717) is 0 Å². The van der Waals surface area contributed by atoms with Crippen LogP contribution in [0, 0.1) is 5.82 Å². The molecule has 0 aliphatic rings. The molecule has 2 N–H and O–H groups in total. The fourth-order valence-electron chi connectivity index (χ4n) is 1.70. The Bertz CT molecular complexity index is 725. The van der Waals surface area contributed by atoms with Gasteiger partial charge < -0.3 is 5.11 Å². The second kappa shape index (κ2) is 6.48. The number of aliphatic hydroxyl groups is 1. The van der Waals surface area contributed by atoms with Crippen LogP contribution in [0.1, 0.15) is 11.6 Å². The largest absolute Gasteiger partial charge is 0.394 e. The molecule has 1 unspecified atom stereocenters. The van der Waals surface area contributed by atoms with Gasteiger partial charge in [-0.1, -0.05) is 17.7 Å². The molecular formula is C13H12ClFN2O3S. The summed E-state index contributed by atoms with van der Waals surface area (Å²) in [5.74, 6) is -0.687. The molecule has 0 radical (unpaired) electrons. The number of aromatic nitrogens is 1.